The third kappa shape index (κ3) is 4.02. The summed E-state index contributed by atoms with van der Waals surface area (Å²) in [5.74, 6) is 1.42. The molecular formula is C20H26N2O3S. The zero-order valence-electron chi connectivity index (χ0n) is 15.8. The summed E-state index contributed by atoms with van der Waals surface area (Å²) in [6.07, 6.45) is 1.03. The first-order chi connectivity index (χ1) is 12.5. The van der Waals surface area contributed by atoms with Gasteiger partial charge in [0.15, 0.2) is 11.5 Å². The van der Waals surface area contributed by atoms with E-state index < -0.39 is 0 Å². The van der Waals surface area contributed by atoms with Crippen LogP contribution in [0.5, 0.6) is 11.5 Å². The van der Waals surface area contributed by atoms with Crippen LogP contribution in [0.25, 0.3) is 0 Å². The summed E-state index contributed by atoms with van der Waals surface area (Å²) >= 11 is 1.81. The number of amides is 1. The van der Waals surface area contributed by atoms with E-state index in [4.69, 9.17) is 9.47 Å². The summed E-state index contributed by atoms with van der Waals surface area (Å²) in [4.78, 5) is 16.2. The van der Waals surface area contributed by atoms with E-state index in [1.165, 1.54) is 10.4 Å². The van der Waals surface area contributed by atoms with Crippen LogP contribution in [-0.4, -0.2) is 38.1 Å². The summed E-state index contributed by atoms with van der Waals surface area (Å²) in [6, 6.07) is 5.96. The number of nitrogens with zero attached hydrogens (tertiary/aromatic N) is 1. The Labute approximate surface area is 158 Å². The van der Waals surface area contributed by atoms with E-state index in [1.807, 2.05) is 37.3 Å². The molecule has 1 aromatic heterocycles. The number of hydrogen-bond donors (Lipinski definition) is 1. The van der Waals surface area contributed by atoms with Crippen molar-refractivity contribution in [3.8, 4) is 11.5 Å². The Hall–Kier alpha value is -2.05. The third-order valence-electron chi connectivity index (χ3n) is 4.87. The molecule has 2 aromatic rings. The summed E-state index contributed by atoms with van der Waals surface area (Å²) < 4.78 is 10.7. The van der Waals surface area contributed by atoms with E-state index in [-0.39, 0.29) is 11.9 Å². The first kappa shape index (κ1) is 18.7. The van der Waals surface area contributed by atoms with Gasteiger partial charge in [0, 0.05) is 18.0 Å². The van der Waals surface area contributed by atoms with Crippen LogP contribution in [-0.2, 0) is 17.8 Å². The molecule has 6 heteroatoms. The van der Waals surface area contributed by atoms with Crippen LogP contribution >= 0.6 is 11.3 Å². The Morgan fingerprint density at radius 1 is 1.31 bits per heavy atom. The number of rotatable bonds is 6. The maximum atomic E-state index is 12.5. The minimum atomic E-state index is -0.0937. The van der Waals surface area contributed by atoms with E-state index in [1.54, 1.807) is 14.2 Å². The average Bonchev–Trinajstić information content (AvgIpc) is 3.08. The van der Waals surface area contributed by atoms with Crippen LogP contribution < -0.4 is 14.8 Å². The van der Waals surface area contributed by atoms with Crippen molar-refractivity contribution in [3.63, 3.8) is 0 Å². The highest BCUT2D eigenvalue weighted by molar-refractivity contribution is 7.10. The topological polar surface area (TPSA) is 50.8 Å². The molecule has 1 aliphatic rings. The number of carbonyl (C=O) groups excluding carboxylic acids is 1. The van der Waals surface area contributed by atoms with Crippen molar-refractivity contribution in [3.05, 3.63) is 45.1 Å². The lowest BCUT2D eigenvalue weighted by molar-refractivity contribution is -0.123. The monoisotopic (exact) mass is 374 g/mol. The summed E-state index contributed by atoms with van der Waals surface area (Å²) in [5.41, 5.74) is 3.46. The molecule has 0 aliphatic carbocycles. The normalized spacial score (nSPS) is 15.2. The number of carbonyl (C=O) groups is 1. The van der Waals surface area contributed by atoms with Gasteiger partial charge in [-0.1, -0.05) is 0 Å². The van der Waals surface area contributed by atoms with Gasteiger partial charge in [0.25, 0.3) is 0 Å². The smallest absolute Gasteiger partial charge is 0.234 e. The number of fused-ring (bicyclic) bond motifs is 1. The summed E-state index contributed by atoms with van der Waals surface area (Å²) in [7, 11) is 3.24. The van der Waals surface area contributed by atoms with Gasteiger partial charge in [-0.25, -0.2) is 0 Å². The fraction of sp³-hybridized carbons (Fsp3) is 0.450. The lowest BCUT2D eigenvalue weighted by Gasteiger charge is -2.27. The van der Waals surface area contributed by atoms with Crippen LogP contribution in [0.2, 0.25) is 0 Å². The van der Waals surface area contributed by atoms with Crippen molar-refractivity contribution in [2.45, 2.75) is 32.9 Å². The molecule has 2 heterocycles. The molecule has 0 saturated carbocycles. The number of thiophene rings is 1. The van der Waals surface area contributed by atoms with E-state index in [2.05, 4.69) is 21.7 Å². The molecule has 1 atom stereocenters. The first-order valence-electron chi connectivity index (χ1n) is 8.81. The molecule has 0 fully saturated rings. The minimum Gasteiger partial charge on any atom is -0.493 e. The van der Waals surface area contributed by atoms with Crippen LogP contribution in [0.1, 0.15) is 34.5 Å². The second kappa shape index (κ2) is 8.10. The number of ether oxygens (including phenoxy) is 2. The van der Waals surface area contributed by atoms with Gasteiger partial charge >= 0.3 is 0 Å². The van der Waals surface area contributed by atoms with Crippen molar-refractivity contribution in [1.82, 2.24) is 10.2 Å². The fourth-order valence-corrected chi connectivity index (χ4v) is 4.36. The fourth-order valence-electron chi connectivity index (χ4n) is 3.47. The molecular weight excluding hydrogens is 348 g/mol. The molecule has 0 radical (unpaired) electrons. The van der Waals surface area contributed by atoms with Gasteiger partial charge in [0.2, 0.25) is 5.91 Å². The van der Waals surface area contributed by atoms with Crippen LogP contribution in [0.4, 0.5) is 0 Å². The largest absolute Gasteiger partial charge is 0.493 e. The minimum absolute atomic E-state index is 0.0466. The van der Waals surface area contributed by atoms with Gasteiger partial charge in [0.1, 0.15) is 0 Å². The summed E-state index contributed by atoms with van der Waals surface area (Å²) in [5, 5.41) is 5.25. The highest BCUT2D eigenvalue weighted by atomic mass is 32.1. The standard InChI is InChI=1S/C20H26N2O3S/c1-13-9-17(24-3)18(25-4)10-16(13)14(2)21-20(23)12-22-7-5-19-15(11-22)6-8-26-19/h6,8-10,14H,5,7,11-12H2,1-4H3,(H,21,23). The molecule has 1 amide bonds. The summed E-state index contributed by atoms with van der Waals surface area (Å²) in [6.45, 7) is 6.23. The molecule has 1 N–H and O–H groups in total. The Kier molecular flexibility index (Phi) is 5.84. The van der Waals surface area contributed by atoms with E-state index in [0.717, 1.165) is 30.6 Å². The second-order valence-electron chi connectivity index (χ2n) is 6.68. The maximum Gasteiger partial charge on any atom is 0.234 e. The lowest BCUT2D eigenvalue weighted by atomic mass is 10.0. The average molecular weight is 375 g/mol. The molecule has 0 bridgehead atoms. The zero-order chi connectivity index (χ0) is 18.7. The van der Waals surface area contributed by atoms with Crippen LogP contribution in [0, 0.1) is 6.92 Å². The SMILES string of the molecule is COc1cc(C)c(C(C)NC(=O)CN2CCc3sccc3C2)cc1OC. The predicted octanol–water partition coefficient (Wildman–Crippen LogP) is 3.31. The molecule has 1 unspecified atom stereocenters. The third-order valence-corrected chi connectivity index (χ3v) is 5.89. The Bertz CT molecular complexity index is 787. The van der Waals surface area contributed by atoms with Gasteiger partial charge in [0.05, 0.1) is 26.8 Å². The predicted molar refractivity (Wildman–Crippen MR) is 104 cm³/mol. The highest BCUT2D eigenvalue weighted by Crippen LogP contribution is 2.32. The van der Waals surface area contributed by atoms with Gasteiger partial charge in [-0.05, 0) is 60.5 Å². The number of methoxy groups -OCH3 is 2. The molecule has 5 nitrogen and oxygen atoms in total. The van der Waals surface area contributed by atoms with Gasteiger partial charge in [-0.3, -0.25) is 9.69 Å². The second-order valence-corrected chi connectivity index (χ2v) is 7.68. The van der Waals surface area contributed by atoms with Crippen molar-refractivity contribution in [1.29, 1.82) is 0 Å². The zero-order valence-corrected chi connectivity index (χ0v) is 16.6. The van der Waals surface area contributed by atoms with E-state index >= 15 is 0 Å². The molecule has 1 aromatic carbocycles. The molecule has 3 rings (SSSR count). The molecule has 140 valence electrons. The Morgan fingerprint density at radius 3 is 2.77 bits per heavy atom. The maximum absolute atomic E-state index is 12.5. The van der Waals surface area contributed by atoms with Crippen molar-refractivity contribution < 1.29 is 14.3 Å². The number of hydrogen-bond acceptors (Lipinski definition) is 5. The Balaban J connectivity index is 1.63. The van der Waals surface area contributed by atoms with E-state index in [0.29, 0.717) is 18.0 Å². The Morgan fingerprint density at radius 2 is 2.04 bits per heavy atom. The van der Waals surface area contributed by atoms with Crippen molar-refractivity contribution in [2.75, 3.05) is 27.3 Å². The molecule has 0 saturated heterocycles. The quantitative estimate of drug-likeness (QED) is 0.843. The number of aryl methyl sites for hydroxylation is 1. The first-order valence-corrected chi connectivity index (χ1v) is 9.69. The number of benzene rings is 1. The molecule has 0 spiro atoms. The molecule has 26 heavy (non-hydrogen) atoms. The van der Waals surface area contributed by atoms with Gasteiger partial charge in [-0.15, -0.1) is 11.3 Å². The highest BCUT2D eigenvalue weighted by Gasteiger charge is 2.21. The van der Waals surface area contributed by atoms with E-state index in [9.17, 15) is 4.79 Å². The van der Waals surface area contributed by atoms with Crippen LogP contribution in [0.3, 0.4) is 0 Å². The van der Waals surface area contributed by atoms with Gasteiger partial charge < -0.3 is 14.8 Å². The van der Waals surface area contributed by atoms with Crippen molar-refractivity contribution >= 4 is 17.2 Å². The van der Waals surface area contributed by atoms with Gasteiger partial charge in [-0.2, -0.15) is 0 Å². The van der Waals surface area contributed by atoms with Crippen molar-refractivity contribution in [2.24, 2.45) is 0 Å². The lowest BCUT2D eigenvalue weighted by Crippen LogP contribution is -2.40. The number of nitrogens with one attached hydrogen (secondary N) is 1. The van der Waals surface area contributed by atoms with Crippen LogP contribution in [0.15, 0.2) is 23.6 Å². The molecule has 1 aliphatic heterocycles.